The Balaban J connectivity index is 2.43. The van der Waals surface area contributed by atoms with Gasteiger partial charge < -0.3 is 5.32 Å². The van der Waals surface area contributed by atoms with Gasteiger partial charge in [0.25, 0.3) is 0 Å². The molecule has 0 spiro atoms. The van der Waals surface area contributed by atoms with Crippen LogP contribution in [0.4, 0.5) is 30.4 Å². The number of pyridine rings is 1. The van der Waals surface area contributed by atoms with Crippen LogP contribution >= 0.6 is 0 Å². The SMILES string of the molecule is CS(=O)(=O)Nc1c(F)cc(F)cc1Nc1ccc(F)cn1. The van der Waals surface area contributed by atoms with Crippen molar-refractivity contribution in [2.24, 2.45) is 0 Å². The van der Waals surface area contributed by atoms with E-state index in [0.717, 1.165) is 24.6 Å². The first kappa shape index (κ1) is 15.1. The zero-order valence-electron chi connectivity index (χ0n) is 10.7. The van der Waals surface area contributed by atoms with Crippen molar-refractivity contribution in [2.45, 2.75) is 0 Å². The van der Waals surface area contributed by atoms with Crippen LogP contribution in [0.2, 0.25) is 0 Å². The number of nitrogens with one attached hydrogen (secondary N) is 2. The summed E-state index contributed by atoms with van der Waals surface area (Å²) in [6.45, 7) is 0. The number of halogens is 3. The molecule has 0 saturated heterocycles. The highest BCUT2D eigenvalue weighted by molar-refractivity contribution is 7.92. The zero-order chi connectivity index (χ0) is 15.6. The van der Waals surface area contributed by atoms with Gasteiger partial charge in [0, 0.05) is 6.07 Å². The predicted molar refractivity (Wildman–Crippen MR) is 72.3 cm³/mol. The van der Waals surface area contributed by atoms with Crippen molar-refractivity contribution in [1.29, 1.82) is 0 Å². The molecule has 0 fully saturated rings. The summed E-state index contributed by atoms with van der Waals surface area (Å²) in [7, 11) is -3.77. The number of rotatable bonds is 4. The smallest absolute Gasteiger partial charge is 0.229 e. The van der Waals surface area contributed by atoms with Crippen LogP contribution in [0.5, 0.6) is 0 Å². The lowest BCUT2D eigenvalue weighted by Gasteiger charge is -2.13. The third kappa shape index (κ3) is 4.09. The third-order valence-corrected chi connectivity index (χ3v) is 2.91. The van der Waals surface area contributed by atoms with Crippen LogP contribution < -0.4 is 10.0 Å². The van der Waals surface area contributed by atoms with Gasteiger partial charge in [-0.05, 0) is 18.2 Å². The molecule has 5 nitrogen and oxygen atoms in total. The van der Waals surface area contributed by atoms with Crippen LogP contribution in [0.15, 0.2) is 30.5 Å². The summed E-state index contributed by atoms with van der Waals surface area (Å²) in [5.41, 5.74) is -0.637. The first-order valence-corrected chi connectivity index (χ1v) is 7.49. The molecule has 0 amide bonds. The van der Waals surface area contributed by atoms with Gasteiger partial charge >= 0.3 is 0 Å². The Morgan fingerprint density at radius 1 is 1.10 bits per heavy atom. The largest absolute Gasteiger partial charge is 0.338 e. The van der Waals surface area contributed by atoms with Gasteiger partial charge in [0.15, 0.2) is 5.82 Å². The van der Waals surface area contributed by atoms with Crippen molar-refractivity contribution in [3.8, 4) is 0 Å². The van der Waals surface area contributed by atoms with Crippen LogP contribution in [0.1, 0.15) is 0 Å². The number of anilines is 3. The van der Waals surface area contributed by atoms with E-state index in [2.05, 4.69) is 10.3 Å². The number of sulfonamides is 1. The van der Waals surface area contributed by atoms with Crippen molar-refractivity contribution in [3.63, 3.8) is 0 Å². The molecular formula is C12H10F3N3O2S. The molecule has 0 unspecified atom stereocenters. The number of benzene rings is 1. The van der Waals surface area contributed by atoms with Crippen molar-refractivity contribution in [3.05, 3.63) is 47.9 Å². The van der Waals surface area contributed by atoms with Crippen LogP contribution in [0, 0.1) is 17.5 Å². The maximum atomic E-state index is 13.7. The lowest BCUT2D eigenvalue weighted by Crippen LogP contribution is -2.13. The normalized spacial score (nSPS) is 11.2. The maximum Gasteiger partial charge on any atom is 0.229 e. The van der Waals surface area contributed by atoms with Gasteiger partial charge in [-0.1, -0.05) is 0 Å². The maximum absolute atomic E-state index is 13.7. The molecular weight excluding hydrogens is 307 g/mol. The van der Waals surface area contributed by atoms with E-state index in [1.165, 1.54) is 6.07 Å². The van der Waals surface area contributed by atoms with Gasteiger partial charge in [0.2, 0.25) is 10.0 Å². The van der Waals surface area contributed by atoms with Crippen molar-refractivity contribution in [1.82, 2.24) is 4.98 Å². The van der Waals surface area contributed by atoms with E-state index in [1.54, 1.807) is 0 Å². The third-order valence-electron chi connectivity index (χ3n) is 2.33. The Labute approximate surface area is 118 Å². The van der Waals surface area contributed by atoms with E-state index in [1.807, 2.05) is 4.72 Å². The van der Waals surface area contributed by atoms with E-state index < -0.39 is 33.2 Å². The molecule has 0 aliphatic heterocycles. The van der Waals surface area contributed by atoms with E-state index >= 15 is 0 Å². The second-order valence-corrected chi connectivity index (χ2v) is 5.92. The van der Waals surface area contributed by atoms with Gasteiger partial charge in [-0.15, -0.1) is 0 Å². The Hall–Kier alpha value is -2.29. The quantitative estimate of drug-likeness (QED) is 0.909. The molecule has 21 heavy (non-hydrogen) atoms. The minimum atomic E-state index is -3.77. The summed E-state index contributed by atoms with van der Waals surface area (Å²) in [5.74, 6) is -2.49. The fourth-order valence-corrected chi connectivity index (χ4v) is 2.13. The lowest BCUT2D eigenvalue weighted by molar-refractivity contribution is 0.584. The van der Waals surface area contributed by atoms with E-state index in [0.29, 0.717) is 6.07 Å². The summed E-state index contributed by atoms with van der Waals surface area (Å²) < 4.78 is 64.1. The summed E-state index contributed by atoms with van der Waals surface area (Å²) in [5, 5.41) is 2.52. The lowest BCUT2D eigenvalue weighted by atomic mass is 10.2. The second-order valence-electron chi connectivity index (χ2n) is 4.17. The van der Waals surface area contributed by atoms with Crippen LogP contribution in [0.3, 0.4) is 0 Å². The first-order chi connectivity index (χ1) is 9.74. The van der Waals surface area contributed by atoms with Gasteiger partial charge in [0.1, 0.15) is 23.1 Å². The molecule has 112 valence electrons. The van der Waals surface area contributed by atoms with Crippen LogP contribution in [-0.4, -0.2) is 19.7 Å². The highest BCUT2D eigenvalue weighted by atomic mass is 32.2. The van der Waals surface area contributed by atoms with Crippen LogP contribution in [-0.2, 0) is 10.0 Å². The Kier molecular flexibility index (Phi) is 4.03. The zero-order valence-corrected chi connectivity index (χ0v) is 11.5. The molecule has 0 aliphatic carbocycles. The topological polar surface area (TPSA) is 71.1 Å². The van der Waals surface area contributed by atoms with Gasteiger partial charge in [-0.2, -0.15) is 0 Å². The Morgan fingerprint density at radius 2 is 1.81 bits per heavy atom. The highest BCUT2D eigenvalue weighted by Crippen LogP contribution is 2.29. The van der Waals surface area contributed by atoms with Crippen molar-refractivity contribution >= 4 is 27.2 Å². The molecule has 1 heterocycles. The fraction of sp³-hybridized carbons (Fsp3) is 0.0833. The molecule has 2 aromatic rings. The minimum Gasteiger partial charge on any atom is -0.338 e. The molecule has 0 saturated carbocycles. The summed E-state index contributed by atoms with van der Waals surface area (Å²) >= 11 is 0. The highest BCUT2D eigenvalue weighted by Gasteiger charge is 2.15. The van der Waals surface area contributed by atoms with Crippen molar-refractivity contribution < 1.29 is 21.6 Å². The first-order valence-electron chi connectivity index (χ1n) is 5.60. The number of hydrogen-bond donors (Lipinski definition) is 2. The molecule has 0 bridgehead atoms. The fourth-order valence-electron chi connectivity index (χ4n) is 1.55. The summed E-state index contributed by atoms with van der Waals surface area (Å²) in [4.78, 5) is 3.66. The number of nitrogens with zero attached hydrogens (tertiary/aromatic N) is 1. The van der Waals surface area contributed by atoms with Gasteiger partial charge in [0.05, 0.1) is 18.1 Å². The average molecular weight is 317 g/mol. The molecule has 2 N–H and O–H groups in total. The number of aromatic nitrogens is 1. The van der Waals surface area contributed by atoms with Gasteiger partial charge in [-0.25, -0.2) is 26.6 Å². The Morgan fingerprint density at radius 3 is 2.38 bits per heavy atom. The van der Waals surface area contributed by atoms with E-state index in [4.69, 9.17) is 0 Å². The standard InChI is InChI=1S/C12H10F3N3O2S/c1-21(19,20)18-12-9(15)4-8(14)5-10(12)17-11-3-2-7(13)6-16-11/h2-6,18H,1H3,(H,16,17). The van der Waals surface area contributed by atoms with Crippen molar-refractivity contribution in [2.75, 3.05) is 16.3 Å². The molecule has 1 aromatic heterocycles. The van der Waals surface area contributed by atoms with Crippen LogP contribution in [0.25, 0.3) is 0 Å². The van der Waals surface area contributed by atoms with E-state index in [-0.39, 0.29) is 11.5 Å². The molecule has 9 heteroatoms. The number of hydrogen-bond acceptors (Lipinski definition) is 4. The molecule has 0 atom stereocenters. The molecule has 1 aromatic carbocycles. The second kappa shape index (κ2) is 5.60. The Bertz CT molecular complexity index is 764. The summed E-state index contributed by atoms with van der Waals surface area (Å²) in [6, 6.07) is 3.76. The monoisotopic (exact) mass is 317 g/mol. The minimum absolute atomic E-state index is 0.0953. The molecule has 2 rings (SSSR count). The average Bonchev–Trinajstić information content (AvgIpc) is 2.35. The predicted octanol–water partition coefficient (Wildman–Crippen LogP) is 2.61. The molecule has 0 radical (unpaired) electrons. The van der Waals surface area contributed by atoms with Gasteiger partial charge in [-0.3, -0.25) is 4.72 Å². The molecule has 0 aliphatic rings. The van der Waals surface area contributed by atoms with E-state index in [9.17, 15) is 21.6 Å². The summed E-state index contributed by atoms with van der Waals surface area (Å²) in [6.07, 6.45) is 1.73.